The van der Waals surface area contributed by atoms with Crippen LogP contribution in [0.15, 0.2) is 53.3 Å². The summed E-state index contributed by atoms with van der Waals surface area (Å²) in [6.07, 6.45) is 2.15. The fourth-order valence-corrected chi connectivity index (χ4v) is 3.81. The molecule has 1 atom stereocenters. The Labute approximate surface area is 180 Å². The molecule has 1 amide bonds. The first-order chi connectivity index (χ1) is 15.1. The number of benzene rings is 2. The van der Waals surface area contributed by atoms with Gasteiger partial charge in [0.2, 0.25) is 5.91 Å². The van der Waals surface area contributed by atoms with Gasteiger partial charge in [-0.05, 0) is 42.7 Å². The Hall–Kier alpha value is -3.26. The zero-order valence-electron chi connectivity index (χ0n) is 17.6. The van der Waals surface area contributed by atoms with Gasteiger partial charge in [0, 0.05) is 26.1 Å². The molecule has 0 bridgehead atoms. The third-order valence-corrected chi connectivity index (χ3v) is 5.48. The summed E-state index contributed by atoms with van der Waals surface area (Å²) < 4.78 is 12.3. The quantitative estimate of drug-likeness (QED) is 0.554. The molecular formula is C23H26N4O4. The first-order valence-corrected chi connectivity index (χ1v) is 10.5. The van der Waals surface area contributed by atoms with Gasteiger partial charge >= 0.3 is 0 Å². The molecule has 0 saturated carbocycles. The molecule has 0 aliphatic carbocycles. The van der Waals surface area contributed by atoms with Crippen LogP contribution in [0.1, 0.15) is 24.8 Å². The predicted octanol–water partition coefficient (Wildman–Crippen LogP) is 2.40. The summed E-state index contributed by atoms with van der Waals surface area (Å²) >= 11 is 0. The Morgan fingerprint density at radius 2 is 2.13 bits per heavy atom. The number of hydrogen-bond acceptors (Lipinski definition) is 6. The molecule has 1 saturated heterocycles. The highest BCUT2D eigenvalue weighted by molar-refractivity contribution is 5.77. The van der Waals surface area contributed by atoms with Crippen LogP contribution in [0.5, 0.6) is 5.75 Å². The van der Waals surface area contributed by atoms with Crippen LogP contribution in [0.2, 0.25) is 0 Å². The highest BCUT2D eigenvalue weighted by Crippen LogP contribution is 2.18. The lowest BCUT2D eigenvalue weighted by Crippen LogP contribution is -2.38. The van der Waals surface area contributed by atoms with Gasteiger partial charge < -0.3 is 14.4 Å². The van der Waals surface area contributed by atoms with Gasteiger partial charge in [0.15, 0.2) is 0 Å². The lowest BCUT2D eigenvalue weighted by molar-refractivity contribution is -0.133. The minimum Gasteiger partial charge on any atom is -0.497 e. The number of ether oxygens (including phenoxy) is 2. The molecule has 2 aromatic carbocycles. The number of aryl methyl sites for hydroxylation is 1. The molecular weight excluding hydrogens is 396 g/mol. The average molecular weight is 422 g/mol. The molecule has 3 aromatic rings. The molecule has 8 nitrogen and oxygen atoms in total. The van der Waals surface area contributed by atoms with Crippen molar-refractivity contribution >= 4 is 16.8 Å². The first kappa shape index (κ1) is 21.0. The van der Waals surface area contributed by atoms with E-state index in [4.69, 9.17) is 9.47 Å². The number of nitrogens with zero attached hydrogens (tertiary/aromatic N) is 4. The Morgan fingerprint density at radius 3 is 2.94 bits per heavy atom. The zero-order chi connectivity index (χ0) is 21.6. The van der Waals surface area contributed by atoms with E-state index in [1.165, 1.54) is 4.68 Å². The van der Waals surface area contributed by atoms with Gasteiger partial charge in [-0.3, -0.25) is 9.59 Å². The third-order valence-electron chi connectivity index (χ3n) is 5.48. The van der Waals surface area contributed by atoms with Gasteiger partial charge in [-0.1, -0.05) is 29.5 Å². The lowest BCUT2D eigenvalue weighted by Gasteiger charge is -2.26. The minimum atomic E-state index is -0.239. The summed E-state index contributed by atoms with van der Waals surface area (Å²) in [5.41, 5.74) is 1.29. The second-order valence-electron chi connectivity index (χ2n) is 7.65. The number of methoxy groups -OCH3 is 1. The average Bonchev–Trinajstić information content (AvgIpc) is 3.31. The topological polar surface area (TPSA) is 86.6 Å². The van der Waals surface area contributed by atoms with E-state index in [0.717, 1.165) is 30.8 Å². The summed E-state index contributed by atoms with van der Waals surface area (Å²) in [6.45, 7) is 1.88. The second-order valence-corrected chi connectivity index (χ2v) is 7.65. The summed E-state index contributed by atoms with van der Waals surface area (Å²) in [5, 5.41) is 8.58. The summed E-state index contributed by atoms with van der Waals surface area (Å²) in [6, 6.07) is 14.7. The molecule has 0 N–H and O–H groups in total. The molecule has 1 fully saturated rings. The maximum atomic E-state index is 13.1. The summed E-state index contributed by atoms with van der Waals surface area (Å²) in [4.78, 5) is 27.6. The van der Waals surface area contributed by atoms with Crippen molar-refractivity contribution in [1.29, 1.82) is 0 Å². The fraction of sp³-hybridized carbons (Fsp3) is 0.391. The van der Waals surface area contributed by atoms with Gasteiger partial charge in [-0.15, -0.1) is 5.10 Å². The van der Waals surface area contributed by atoms with Crippen molar-refractivity contribution < 1.29 is 14.3 Å². The van der Waals surface area contributed by atoms with Gasteiger partial charge in [0.1, 0.15) is 11.3 Å². The van der Waals surface area contributed by atoms with E-state index in [-0.39, 0.29) is 30.5 Å². The highest BCUT2D eigenvalue weighted by atomic mass is 16.5. The first-order valence-electron chi connectivity index (χ1n) is 10.5. The van der Waals surface area contributed by atoms with Crippen molar-refractivity contribution in [3.05, 3.63) is 64.4 Å². The normalized spacial score (nSPS) is 15.8. The number of carbonyl (C=O) groups excluding carboxylic acids is 1. The molecule has 2 heterocycles. The number of fused-ring (bicyclic) bond motifs is 1. The number of aromatic nitrogens is 3. The molecule has 4 rings (SSSR count). The van der Waals surface area contributed by atoms with E-state index < -0.39 is 0 Å². The van der Waals surface area contributed by atoms with Crippen LogP contribution in [-0.2, 0) is 22.6 Å². The van der Waals surface area contributed by atoms with Gasteiger partial charge in [-0.25, -0.2) is 4.68 Å². The maximum Gasteiger partial charge on any atom is 0.277 e. The van der Waals surface area contributed by atoms with Crippen LogP contribution >= 0.6 is 0 Å². The number of hydrogen-bond donors (Lipinski definition) is 0. The molecule has 1 aliphatic heterocycles. The smallest absolute Gasteiger partial charge is 0.277 e. The van der Waals surface area contributed by atoms with Crippen molar-refractivity contribution in [1.82, 2.24) is 19.9 Å². The third kappa shape index (κ3) is 5.08. The van der Waals surface area contributed by atoms with E-state index in [1.807, 2.05) is 30.3 Å². The van der Waals surface area contributed by atoms with Gasteiger partial charge in [0.25, 0.3) is 5.56 Å². The van der Waals surface area contributed by atoms with Crippen LogP contribution in [-0.4, -0.2) is 52.2 Å². The van der Waals surface area contributed by atoms with Crippen LogP contribution in [0.3, 0.4) is 0 Å². The summed E-state index contributed by atoms with van der Waals surface area (Å²) in [5.74, 6) is 0.695. The highest BCUT2D eigenvalue weighted by Gasteiger charge is 2.23. The molecule has 1 aromatic heterocycles. The van der Waals surface area contributed by atoms with Crippen molar-refractivity contribution in [2.24, 2.45) is 0 Å². The van der Waals surface area contributed by atoms with Crippen molar-refractivity contribution in [3.63, 3.8) is 0 Å². The van der Waals surface area contributed by atoms with Gasteiger partial charge in [-0.2, -0.15) is 0 Å². The van der Waals surface area contributed by atoms with Crippen LogP contribution in [0, 0.1) is 0 Å². The summed E-state index contributed by atoms with van der Waals surface area (Å²) in [7, 11) is 1.62. The second kappa shape index (κ2) is 9.70. The zero-order valence-corrected chi connectivity index (χ0v) is 17.6. The van der Waals surface area contributed by atoms with Crippen LogP contribution in [0.4, 0.5) is 0 Å². The Bertz CT molecular complexity index is 1110. The van der Waals surface area contributed by atoms with Crippen molar-refractivity contribution in [2.75, 3.05) is 20.3 Å². The largest absolute Gasteiger partial charge is 0.497 e. The Balaban J connectivity index is 1.48. The SMILES string of the molecule is COc1cccc(CN(CC2CCCO2)C(=O)CCn2nnc3ccccc3c2=O)c1. The van der Waals surface area contributed by atoms with E-state index in [1.54, 1.807) is 30.2 Å². The number of rotatable bonds is 8. The number of amides is 1. The molecule has 0 spiro atoms. The molecule has 1 unspecified atom stereocenters. The van der Waals surface area contributed by atoms with Crippen molar-refractivity contribution in [2.45, 2.75) is 38.5 Å². The van der Waals surface area contributed by atoms with Crippen molar-refractivity contribution in [3.8, 4) is 5.75 Å². The Morgan fingerprint density at radius 1 is 1.26 bits per heavy atom. The van der Waals surface area contributed by atoms with E-state index in [0.29, 0.717) is 24.0 Å². The number of carbonyl (C=O) groups is 1. The molecule has 1 aliphatic rings. The maximum absolute atomic E-state index is 13.1. The molecule has 162 valence electrons. The standard InChI is InChI=1S/C23H26N4O4/c1-30-18-7-4-6-17(14-18)15-26(16-19-8-5-13-31-19)22(28)11-12-27-23(29)20-9-2-3-10-21(20)24-25-27/h2-4,6-7,9-10,14,19H,5,8,11-13,15-16H2,1H3. The monoisotopic (exact) mass is 422 g/mol. The predicted molar refractivity (Wildman–Crippen MR) is 116 cm³/mol. The fourth-order valence-electron chi connectivity index (χ4n) is 3.81. The van der Waals surface area contributed by atoms with Gasteiger partial charge in [0.05, 0.1) is 25.1 Å². The molecule has 31 heavy (non-hydrogen) atoms. The minimum absolute atomic E-state index is 0.0396. The Kier molecular flexibility index (Phi) is 6.57. The van der Waals surface area contributed by atoms with E-state index in [9.17, 15) is 9.59 Å². The molecule has 0 radical (unpaired) electrons. The van der Waals surface area contributed by atoms with Crippen LogP contribution in [0.25, 0.3) is 10.9 Å². The molecule has 8 heteroatoms. The van der Waals surface area contributed by atoms with E-state index in [2.05, 4.69) is 10.3 Å². The van der Waals surface area contributed by atoms with E-state index >= 15 is 0 Å². The lowest BCUT2D eigenvalue weighted by atomic mass is 10.1. The van der Waals surface area contributed by atoms with Crippen LogP contribution < -0.4 is 10.3 Å².